The summed E-state index contributed by atoms with van der Waals surface area (Å²) in [6, 6.07) is 4.30. The third-order valence-electron chi connectivity index (χ3n) is 3.00. The monoisotopic (exact) mass is 291 g/mol. The highest BCUT2D eigenvalue weighted by molar-refractivity contribution is 5.75. The van der Waals surface area contributed by atoms with E-state index in [-0.39, 0.29) is 5.69 Å². The van der Waals surface area contributed by atoms with E-state index in [4.69, 9.17) is 0 Å². The smallest absolute Gasteiger partial charge is 0.306 e. The van der Waals surface area contributed by atoms with E-state index in [1.807, 2.05) is 0 Å². The van der Waals surface area contributed by atoms with Gasteiger partial charge in [0, 0.05) is 6.04 Å². The van der Waals surface area contributed by atoms with Gasteiger partial charge in [-0.15, -0.1) is 0 Å². The molecule has 4 nitrogen and oxygen atoms in total. The molecule has 0 saturated carbocycles. The molecule has 0 spiro atoms. The van der Waals surface area contributed by atoms with Crippen LogP contribution in [0.25, 0.3) is 11.0 Å². The van der Waals surface area contributed by atoms with E-state index in [0.717, 1.165) is 0 Å². The quantitative estimate of drug-likeness (QED) is 0.741. The van der Waals surface area contributed by atoms with Crippen LogP contribution in [0, 0.1) is 0 Å². The zero-order chi connectivity index (χ0) is 14.9. The molecule has 0 saturated heterocycles. The van der Waals surface area contributed by atoms with E-state index in [1.54, 1.807) is 25.1 Å². The van der Waals surface area contributed by atoms with Crippen LogP contribution in [0.1, 0.15) is 18.5 Å². The number of alkyl halides is 4. The third kappa shape index (κ3) is 3.01. The molecule has 3 N–H and O–H groups in total. The summed E-state index contributed by atoms with van der Waals surface area (Å²) in [5.41, 5.74) is 1.35. The summed E-state index contributed by atoms with van der Waals surface area (Å²) in [6.07, 6.45) is -3.70. The maximum atomic E-state index is 12.8. The lowest BCUT2D eigenvalue weighted by Gasteiger charge is -2.20. The first-order valence-corrected chi connectivity index (χ1v) is 5.91. The number of hydrogen-bond donors (Lipinski definition) is 3. The van der Waals surface area contributed by atoms with E-state index >= 15 is 0 Å². The molecule has 0 aliphatic carbocycles. The summed E-state index contributed by atoms with van der Waals surface area (Å²) < 4.78 is 49.7. The van der Waals surface area contributed by atoms with Crippen molar-refractivity contribution in [3.05, 3.63) is 34.2 Å². The van der Waals surface area contributed by atoms with Crippen molar-refractivity contribution >= 4 is 11.0 Å². The van der Waals surface area contributed by atoms with Gasteiger partial charge < -0.3 is 15.3 Å². The number of nitrogens with one attached hydrogen (secondary N) is 3. The lowest BCUT2D eigenvalue weighted by Crippen LogP contribution is -2.39. The number of halogens is 4. The molecule has 1 unspecified atom stereocenters. The molecule has 0 bridgehead atoms. The highest BCUT2D eigenvalue weighted by Gasteiger charge is 2.40. The van der Waals surface area contributed by atoms with Crippen molar-refractivity contribution in [2.75, 3.05) is 6.54 Å². The summed E-state index contributed by atoms with van der Waals surface area (Å²) in [5, 5.41) is 2.36. The number of benzene rings is 1. The first-order valence-electron chi connectivity index (χ1n) is 5.91. The fraction of sp³-hybridized carbons (Fsp3) is 0.417. The topological polar surface area (TPSA) is 60.7 Å². The van der Waals surface area contributed by atoms with Gasteiger partial charge >= 0.3 is 18.0 Å². The molecule has 1 aromatic heterocycles. The van der Waals surface area contributed by atoms with Crippen LogP contribution in [0.5, 0.6) is 0 Å². The predicted molar refractivity (Wildman–Crippen MR) is 66.3 cm³/mol. The molecule has 0 fully saturated rings. The predicted octanol–water partition coefficient (Wildman–Crippen LogP) is 2.41. The van der Waals surface area contributed by atoms with Gasteiger partial charge in [-0.2, -0.15) is 8.78 Å². The number of hydrogen-bond acceptors (Lipinski definition) is 2. The zero-order valence-corrected chi connectivity index (χ0v) is 10.5. The molecular weight excluding hydrogens is 278 g/mol. The molecule has 0 amide bonds. The van der Waals surface area contributed by atoms with Crippen molar-refractivity contribution in [3.63, 3.8) is 0 Å². The van der Waals surface area contributed by atoms with Crippen LogP contribution in [0.4, 0.5) is 17.6 Å². The first kappa shape index (κ1) is 14.6. The molecule has 1 aromatic carbocycles. The number of aromatic amines is 2. The Kier molecular flexibility index (Phi) is 3.85. The van der Waals surface area contributed by atoms with Crippen LogP contribution in [0.15, 0.2) is 23.0 Å². The van der Waals surface area contributed by atoms with Crippen molar-refractivity contribution < 1.29 is 17.6 Å². The van der Waals surface area contributed by atoms with Crippen molar-refractivity contribution in [1.29, 1.82) is 0 Å². The normalized spacial score (nSPS) is 14.1. The van der Waals surface area contributed by atoms with Gasteiger partial charge in [-0.3, -0.25) is 0 Å². The molecule has 0 radical (unpaired) electrons. The number of imidazole rings is 1. The minimum Gasteiger partial charge on any atom is -0.306 e. The van der Waals surface area contributed by atoms with Gasteiger partial charge in [0.1, 0.15) is 0 Å². The minimum atomic E-state index is -4.07. The molecule has 0 aliphatic rings. The minimum absolute atomic E-state index is 0.373. The standard InChI is InChI=1S/C12H13F4N3O/c1-6(17-5-12(15,16)10(13)14)7-2-3-8-9(4-7)19-11(20)18-8/h2-4,6,10,17H,5H2,1H3,(H2,18,19,20). The average Bonchev–Trinajstić information content (AvgIpc) is 2.74. The van der Waals surface area contributed by atoms with Crippen LogP contribution in [0.2, 0.25) is 0 Å². The fourth-order valence-electron chi connectivity index (χ4n) is 1.80. The maximum Gasteiger partial charge on any atom is 0.323 e. The van der Waals surface area contributed by atoms with Crippen molar-refractivity contribution in [2.24, 2.45) is 0 Å². The lowest BCUT2D eigenvalue weighted by atomic mass is 10.1. The lowest BCUT2D eigenvalue weighted by molar-refractivity contribution is -0.126. The van der Waals surface area contributed by atoms with Gasteiger partial charge in [-0.1, -0.05) is 6.07 Å². The van der Waals surface area contributed by atoms with Crippen molar-refractivity contribution in [3.8, 4) is 0 Å². The SMILES string of the molecule is CC(NCC(F)(F)C(F)F)c1ccc2[nH]c(=O)[nH]c2c1. The Morgan fingerprint density at radius 3 is 2.55 bits per heavy atom. The summed E-state index contributed by atoms with van der Waals surface area (Å²) in [5.74, 6) is -4.07. The second-order valence-electron chi connectivity index (χ2n) is 4.55. The molecule has 20 heavy (non-hydrogen) atoms. The Morgan fingerprint density at radius 1 is 1.25 bits per heavy atom. The molecule has 110 valence electrons. The van der Waals surface area contributed by atoms with E-state index in [1.165, 1.54) is 0 Å². The largest absolute Gasteiger partial charge is 0.323 e. The second kappa shape index (κ2) is 5.28. The Bertz CT molecular complexity index is 649. The summed E-state index contributed by atoms with van der Waals surface area (Å²) >= 11 is 0. The summed E-state index contributed by atoms with van der Waals surface area (Å²) in [7, 11) is 0. The van der Waals surface area contributed by atoms with E-state index in [0.29, 0.717) is 16.6 Å². The Hall–Kier alpha value is -1.83. The molecular formula is C12H13F4N3O. The number of rotatable bonds is 5. The highest BCUT2D eigenvalue weighted by atomic mass is 19.3. The van der Waals surface area contributed by atoms with Crippen LogP contribution in [0.3, 0.4) is 0 Å². The molecule has 1 atom stereocenters. The first-order chi connectivity index (χ1) is 9.29. The van der Waals surface area contributed by atoms with Crippen LogP contribution >= 0.6 is 0 Å². The fourth-order valence-corrected chi connectivity index (χ4v) is 1.80. The van der Waals surface area contributed by atoms with Gasteiger partial charge in [0.2, 0.25) is 0 Å². The van der Waals surface area contributed by atoms with Crippen LogP contribution in [-0.4, -0.2) is 28.9 Å². The Morgan fingerprint density at radius 2 is 1.90 bits per heavy atom. The third-order valence-corrected chi connectivity index (χ3v) is 3.00. The average molecular weight is 291 g/mol. The summed E-state index contributed by atoms with van der Waals surface area (Å²) in [4.78, 5) is 16.2. The highest BCUT2D eigenvalue weighted by Crippen LogP contribution is 2.23. The zero-order valence-electron chi connectivity index (χ0n) is 10.5. The van der Waals surface area contributed by atoms with Gasteiger partial charge in [-0.05, 0) is 24.6 Å². The number of fused-ring (bicyclic) bond motifs is 1. The van der Waals surface area contributed by atoms with Gasteiger partial charge in [-0.25, -0.2) is 13.6 Å². The maximum absolute atomic E-state index is 12.8. The summed E-state index contributed by atoms with van der Waals surface area (Å²) in [6.45, 7) is 0.459. The number of H-pyrrole nitrogens is 2. The van der Waals surface area contributed by atoms with E-state index < -0.39 is 24.9 Å². The Labute approximate surface area is 111 Å². The van der Waals surface area contributed by atoms with Crippen molar-refractivity contribution in [1.82, 2.24) is 15.3 Å². The van der Waals surface area contributed by atoms with Gasteiger partial charge in [0.25, 0.3) is 0 Å². The number of aromatic nitrogens is 2. The molecule has 0 aliphatic heterocycles. The van der Waals surface area contributed by atoms with Gasteiger partial charge in [0.15, 0.2) is 0 Å². The van der Waals surface area contributed by atoms with E-state index in [2.05, 4.69) is 15.3 Å². The van der Waals surface area contributed by atoms with Crippen LogP contribution in [-0.2, 0) is 0 Å². The second-order valence-corrected chi connectivity index (χ2v) is 4.55. The van der Waals surface area contributed by atoms with Crippen molar-refractivity contribution in [2.45, 2.75) is 25.3 Å². The molecule has 8 heteroatoms. The molecule has 2 aromatic rings. The van der Waals surface area contributed by atoms with Gasteiger partial charge in [0.05, 0.1) is 17.6 Å². The van der Waals surface area contributed by atoms with Crippen LogP contribution < -0.4 is 11.0 Å². The molecule has 1 heterocycles. The molecule has 2 rings (SSSR count). The Balaban J connectivity index is 2.11. The van der Waals surface area contributed by atoms with E-state index in [9.17, 15) is 22.4 Å².